The Balaban J connectivity index is 2.29. The largest absolute Gasteiger partial charge is 0.336 e. The van der Waals surface area contributed by atoms with Crippen LogP contribution in [0.1, 0.15) is 23.0 Å². The van der Waals surface area contributed by atoms with Crippen LogP contribution >= 0.6 is 11.6 Å². The molecule has 1 N–H and O–H groups in total. The molecule has 6 heteroatoms. The Kier molecular flexibility index (Phi) is 3.73. The predicted octanol–water partition coefficient (Wildman–Crippen LogP) is 1.62. The highest BCUT2D eigenvalue weighted by Crippen LogP contribution is 2.25. The van der Waals surface area contributed by atoms with Crippen molar-refractivity contribution in [1.29, 1.82) is 0 Å². The molecule has 2 heterocycles. The van der Waals surface area contributed by atoms with Crippen LogP contribution in [0, 0.1) is 6.92 Å². The van der Waals surface area contributed by atoms with Crippen LogP contribution in [-0.4, -0.2) is 26.4 Å². The Labute approximate surface area is 112 Å². The maximum absolute atomic E-state index is 6.27. The molecular weight excluding hydrogens is 250 g/mol. The summed E-state index contributed by atoms with van der Waals surface area (Å²) in [4.78, 5) is 4.15. The lowest BCUT2D eigenvalue weighted by Crippen LogP contribution is -2.21. The quantitative estimate of drug-likeness (QED) is 0.916. The number of aromatic nitrogens is 4. The number of imidazole rings is 1. The summed E-state index contributed by atoms with van der Waals surface area (Å²) in [5.41, 5.74) is 3.20. The highest BCUT2D eigenvalue weighted by molar-refractivity contribution is 6.30. The molecule has 0 amide bonds. The van der Waals surface area contributed by atoms with Crippen molar-refractivity contribution in [2.45, 2.75) is 19.4 Å². The van der Waals surface area contributed by atoms with Crippen LogP contribution in [0.4, 0.5) is 0 Å². The minimum atomic E-state index is 0.179. The minimum absolute atomic E-state index is 0.179. The topological polar surface area (TPSA) is 47.7 Å². The molecule has 0 fully saturated rings. The maximum Gasteiger partial charge on any atom is 0.130 e. The van der Waals surface area contributed by atoms with Gasteiger partial charge in [0.1, 0.15) is 5.15 Å². The number of hydrogen-bond acceptors (Lipinski definition) is 3. The molecule has 18 heavy (non-hydrogen) atoms. The molecule has 0 spiro atoms. The van der Waals surface area contributed by atoms with Gasteiger partial charge in [0.05, 0.1) is 23.8 Å². The summed E-state index contributed by atoms with van der Waals surface area (Å²) >= 11 is 6.27. The van der Waals surface area contributed by atoms with E-state index in [1.165, 1.54) is 0 Å². The lowest BCUT2D eigenvalue weighted by Gasteiger charge is -2.16. The van der Waals surface area contributed by atoms with E-state index in [0.29, 0.717) is 5.15 Å². The second-order valence-electron chi connectivity index (χ2n) is 4.45. The van der Waals surface area contributed by atoms with Crippen molar-refractivity contribution in [1.82, 2.24) is 24.6 Å². The molecule has 0 radical (unpaired) electrons. The fourth-order valence-corrected chi connectivity index (χ4v) is 2.42. The van der Waals surface area contributed by atoms with Gasteiger partial charge in [-0.3, -0.25) is 4.68 Å². The second kappa shape index (κ2) is 5.12. The van der Waals surface area contributed by atoms with Crippen molar-refractivity contribution in [2.75, 3.05) is 7.05 Å². The molecule has 0 aliphatic heterocycles. The third-order valence-corrected chi connectivity index (χ3v) is 3.71. The first-order valence-corrected chi connectivity index (χ1v) is 6.23. The smallest absolute Gasteiger partial charge is 0.130 e. The van der Waals surface area contributed by atoms with Crippen molar-refractivity contribution in [3.63, 3.8) is 0 Å². The molecule has 0 aromatic carbocycles. The van der Waals surface area contributed by atoms with Gasteiger partial charge in [0.2, 0.25) is 0 Å². The van der Waals surface area contributed by atoms with E-state index >= 15 is 0 Å². The molecule has 0 bridgehead atoms. The van der Waals surface area contributed by atoms with Gasteiger partial charge in [0, 0.05) is 25.9 Å². The normalized spacial score (nSPS) is 12.9. The van der Waals surface area contributed by atoms with Gasteiger partial charge in [-0.15, -0.1) is 0 Å². The van der Waals surface area contributed by atoms with Gasteiger partial charge in [-0.1, -0.05) is 11.6 Å². The Morgan fingerprint density at radius 3 is 2.61 bits per heavy atom. The van der Waals surface area contributed by atoms with Crippen molar-refractivity contribution in [3.8, 4) is 0 Å². The fraction of sp³-hybridized carbons (Fsp3) is 0.500. The number of hydrogen-bond donors (Lipinski definition) is 1. The number of rotatable bonds is 4. The third-order valence-electron chi connectivity index (χ3n) is 3.24. The van der Waals surface area contributed by atoms with E-state index < -0.39 is 0 Å². The lowest BCUT2D eigenvalue weighted by molar-refractivity contribution is 0.554. The van der Waals surface area contributed by atoms with Gasteiger partial charge in [-0.25, -0.2) is 4.98 Å². The van der Waals surface area contributed by atoms with Gasteiger partial charge in [0.25, 0.3) is 0 Å². The number of likely N-dealkylation sites (N-methyl/N-ethyl adjacent to an activating group) is 1. The van der Waals surface area contributed by atoms with Gasteiger partial charge < -0.3 is 9.88 Å². The van der Waals surface area contributed by atoms with E-state index in [-0.39, 0.29) is 6.04 Å². The summed E-state index contributed by atoms with van der Waals surface area (Å²) in [6.07, 6.45) is 4.48. The zero-order valence-corrected chi connectivity index (χ0v) is 11.9. The minimum Gasteiger partial charge on any atom is -0.336 e. The summed E-state index contributed by atoms with van der Waals surface area (Å²) in [5.74, 6) is 0. The first-order chi connectivity index (χ1) is 8.54. The monoisotopic (exact) mass is 267 g/mol. The van der Waals surface area contributed by atoms with Crippen LogP contribution in [0.2, 0.25) is 5.15 Å². The van der Waals surface area contributed by atoms with Crippen LogP contribution in [-0.2, 0) is 20.5 Å². The molecule has 2 aromatic rings. The van der Waals surface area contributed by atoms with Crippen molar-refractivity contribution in [3.05, 3.63) is 34.6 Å². The molecule has 98 valence electrons. The van der Waals surface area contributed by atoms with Gasteiger partial charge in [-0.05, 0) is 20.4 Å². The van der Waals surface area contributed by atoms with Crippen LogP contribution in [0.5, 0.6) is 0 Å². The predicted molar refractivity (Wildman–Crippen MR) is 71.7 cm³/mol. The average Bonchev–Trinajstić information content (AvgIpc) is 2.84. The van der Waals surface area contributed by atoms with E-state index in [0.717, 1.165) is 23.4 Å². The first kappa shape index (κ1) is 13.1. The highest BCUT2D eigenvalue weighted by Gasteiger charge is 2.19. The second-order valence-corrected chi connectivity index (χ2v) is 4.81. The fourth-order valence-electron chi connectivity index (χ4n) is 2.17. The summed E-state index contributed by atoms with van der Waals surface area (Å²) in [7, 11) is 5.79. The van der Waals surface area contributed by atoms with Gasteiger partial charge >= 0.3 is 0 Å². The average molecular weight is 268 g/mol. The zero-order chi connectivity index (χ0) is 13.3. The Hall–Kier alpha value is -1.33. The number of aryl methyl sites for hydroxylation is 3. The molecule has 2 rings (SSSR count). The lowest BCUT2D eigenvalue weighted by atomic mass is 10.0. The van der Waals surface area contributed by atoms with E-state index in [1.54, 1.807) is 11.0 Å². The van der Waals surface area contributed by atoms with Gasteiger partial charge in [0.15, 0.2) is 0 Å². The molecule has 0 aliphatic carbocycles. The SMILES string of the molecule is CNC(Cc1c(C)nn(C)c1Cl)c1cncn1C. The molecule has 1 atom stereocenters. The molecule has 0 saturated heterocycles. The Bertz CT molecular complexity index is 543. The molecule has 0 aliphatic rings. The van der Waals surface area contributed by atoms with Crippen molar-refractivity contribution in [2.24, 2.45) is 14.1 Å². The van der Waals surface area contributed by atoms with Crippen LogP contribution in [0.15, 0.2) is 12.5 Å². The summed E-state index contributed by atoms with van der Waals surface area (Å²) in [6.45, 7) is 1.98. The highest BCUT2D eigenvalue weighted by atomic mass is 35.5. The summed E-state index contributed by atoms with van der Waals surface area (Å²) < 4.78 is 3.73. The van der Waals surface area contributed by atoms with E-state index in [2.05, 4.69) is 15.4 Å². The summed E-state index contributed by atoms with van der Waals surface area (Å²) in [5, 5.41) is 8.34. The Morgan fingerprint density at radius 1 is 1.44 bits per heavy atom. The molecule has 1 unspecified atom stereocenters. The number of nitrogens with one attached hydrogen (secondary N) is 1. The van der Waals surface area contributed by atoms with Crippen molar-refractivity contribution < 1.29 is 0 Å². The maximum atomic E-state index is 6.27. The van der Waals surface area contributed by atoms with E-state index in [1.807, 2.05) is 38.8 Å². The Morgan fingerprint density at radius 2 is 2.17 bits per heavy atom. The van der Waals surface area contributed by atoms with E-state index in [9.17, 15) is 0 Å². The number of nitrogens with zero attached hydrogens (tertiary/aromatic N) is 4. The van der Waals surface area contributed by atoms with Crippen LogP contribution < -0.4 is 5.32 Å². The number of halogens is 1. The van der Waals surface area contributed by atoms with Crippen LogP contribution in [0.3, 0.4) is 0 Å². The molecule has 2 aromatic heterocycles. The summed E-state index contributed by atoms with van der Waals surface area (Å²) in [6, 6.07) is 0.179. The zero-order valence-electron chi connectivity index (χ0n) is 11.1. The molecule has 0 saturated carbocycles. The van der Waals surface area contributed by atoms with E-state index in [4.69, 9.17) is 11.6 Å². The molecular formula is C12H18ClN5. The van der Waals surface area contributed by atoms with Crippen LogP contribution in [0.25, 0.3) is 0 Å². The van der Waals surface area contributed by atoms with Crippen molar-refractivity contribution >= 4 is 11.6 Å². The van der Waals surface area contributed by atoms with Gasteiger partial charge in [-0.2, -0.15) is 5.10 Å². The standard InChI is InChI=1S/C12H18ClN5/c1-8-9(12(13)18(4)16-8)5-10(14-2)11-6-15-7-17(11)3/h6-7,10,14H,5H2,1-4H3. The first-order valence-electron chi connectivity index (χ1n) is 5.86. The molecule has 5 nitrogen and oxygen atoms in total. The third kappa shape index (κ3) is 2.28.